The molecule has 2 aromatic rings. The van der Waals surface area contributed by atoms with Crippen molar-refractivity contribution in [2.24, 2.45) is 7.05 Å². The van der Waals surface area contributed by atoms with Gasteiger partial charge in [-0.15, -0.1) is 22.8 Å². The van der Waals surface area contributed by atoms with Crippen molar-refractivity contribution in [3.05, 3.63) is 35.7 Å². The third-order valence-electron chi connectivity index (χ3n) is 3.61. The molecule has 1 aromatic carbocycles. The lowest BCUT2D eigenvalue weighted by atomic mass is 9.95. The molecule has 1 amide bonds. The van der Waals surface area contributed by atoms with Crippen LogP contribution in [0.4, 0.5) is 19.3 Å². The lowest BCUT2D eigenvalue weighted by Gasteiger charge is -2.20. The van der Waals surface area contributed by atoms with Gasteiger partial charge < -0.3 is 9.30 Å². The highest BCUT2D eigenvalue weighted by molar-refractivity contribution is 7.80. The molecule has 0 bridgehead atoms. The molecule has 1 unspecified atom stereocenters. The third-order valence-corrected chi connectivity index (χ3v) is 4.00. The average molecular weight is 384 g/mol. The van der Waals surface area contributed by atoms with E-state index < -0.39 is 24.0 Å². The molecule has 1 atom stereocenters. The first kappa shape index (κ1) is 20.2. The number of nitrogens with one attached hydrogen (secondary N) is 1. The number of carbonyl (C=O) groups is 1. The minimum Gasteiger partial charge on any atom is -0.444 e. The van der Waals surface area contributed by atoms with Crippen LogP contribution in [0.5, 0.6) is 0 Å². The van der Waals surface area contributed by atoms with Gasteiger partial charge in [0.1, 0.15) is 11.4 Å². The fourth-order valence-corrected chi connectivity index (χ4v) is 2.51. The molecule has 2 rings (SSSR count). The molecular weight excluding hydrogens is 362 g/mol. The smallest absolute Gasteiger partial charge is 0.412 e. The van der Waals surface area contributed by atoms with E-state index in [1.54, 1.807) is 50.6 Å². The first-order valence-corrected chi connectivity index (χ1v) is 8.47. The molecule has 1 aromatic heterocycles. The molecule has 0 radical (unpaired) electrons. The number of anilines is 1. The van der Waals surface area contributed by atoms with Gasteiger partial charge in [0, 0.05) is 19.2 Å². The van der Waals surface area contributed by atoms with Gasteiger partial charge in [-0.2, -0.15) is 0 Å². The molecule has 0 aliphatic carbocycles. The number of hydrogen-bond donors (Lipinski definition) is 2. The average Bonchev–Trinajstić information content (AvgIpc) is 2.82. The SMILES string of the molecule is Cn1c(S)nnc1CC(c1cccc(NC(=O)OC(C)(C)C)c1)C(F)F. The zero-order chi connectivity index (χ0) is 19.5. The number of alkyl halides is 2. The largest absolute Gasteiger partial charge is 0.444 e. The number of hydrogen-bond acceptors (Lipinski definition) is 5. The fraction of sp³-hybridized carbons (Fsp3) is 0.471. The minimum absolute atomic E-state index is 0.00236. The van der Waals surface area contributed by atoms with Gasteiger partial charge in [0.25, 0.3) is 0 Å². The maximum Gasteiger partial charge on any atom is 0.412 e. The molecular formula is C17H22F2N4O2S. The Bertz CT molecular complexity index is 774. The van der Waals surface area contributed by atoms with E-state index in [4.69, 9.17) is 4.74 Å². The number of aromatic nitrogens is 3. The Balaban J connectivity index is 2.19. The van der Waals surface area contributed by atoms with Crippen molar-refractivity contribution in [2.45, 2.75) is 50.3 Å². The van der Waals surface area contributed by atoms with E-state index in [1.807, 2.05) is 0 Å². The molecule has 1 N–H and O–H groups in total. The first-order valence-electron chi connectivity index (χ1n) is 8.02. The van der Waals surface area contributed by atoms with E-state index >= 15 is 0 Å². The monoisotopic (exact) mass is 384 g/mol. The van der Waals surface area contributed by atoms with Crippen LogP contribution in [0.15, 0.2) is 29.4 Å². The third kappa shape index (κ3) is 5.42. The number of nitrogens with zero attached hydrogens (tertiary/aromatic N) is 3. The summed E-state index contributed by atoms with van der Waals surface area (Å²) < 4.78 is 34.0. The van der Waals surface area contributed by atoms with Crippen LogP contribution in [0, 0.1) is 0 Å². The molecule has 9 heteroatoms. The van der Waals surface area contributed by atoms with Gasteiger partial charge in [-0.3, -0.25) is 5.32 Å². The molecule has 0 spiro atoms. The number of halogens is 2. The van der Waals surface area contributed by atoms with Gasteiger partial charge in [-0.1, -0.05) is 12.1 Å². The van der Waals surface area contributed by atoms with Crippen molar-refractivity contribution < 1.29 is 18.3 Å². The second-order valence-electron chi connectivity index (χ2n) is 6.87. The van der Waals surface area contributed by atoms with Crippen molar-refractivity contribution in [3.8, 4) is 0 Å². The van der Waals surface area contributed by atoms with Crippen LogP contribution in [-0.4, -0.2) is 32.9 Å². The predicted octanol–water partition coefficient (Wildman–Crippen LogP) is 4.04. The number of rotatable bonds is 5. The lowest BCUT2D eigenvalue weighted by molar-refractivity contribution is 0.0636. The van der Waals surface area contributed by atoms with Crippen LogP contribution in [0.25, 0.3) is 0 Å². The van der Waals surface area contributed by atoms with E-state index in [0.717, 1.165) is 0 Å². The Morgan fingerprint density at radius 3 is 2.58 bits per heavy atom. The number of carbonyl (C=O) groups excluding carboxylic acids is 1. The quantitative estimate of drug-likeness (QED) is 0.764. The van der Waals surface area contributed by atoms with Crippen LogP contribution in [0.2, 0.25) is 0 Å². The minimum atomic E-state index is -2.60. The van der Waals surface area contributed by atoms with Crippen LogP contribution in [0.3, 0.4) is 0 Å². The Labute approximate surface area is 156 Å². The van der Waals surface area contributed by atoms with Crippen LogP contribution in [-0.2, 0) is 18.2 Å². The summed E-state index contributed by atoms with van der Waals surface area (Å²) in [6.45, 7) is 5.23. The van der Waals surface area contributed by atoms with E-state index in [1.165, 1.54) is 6.07 Å². The van der Waals surface area contributed by atoms with Gasteiger partial charge in [0.15, 0.2) is 5.16 Å². The number of amides is 1. The molecule has 1 heterocycles. The van der Waals surface area contributed by atoms with E-state index in [-0.39, 0.29) is 6.42 Å². The van der Waals surface area contributed by atoms with E-state index in [2.05, 4.69) is 28.1 Å². The van der Waals surface area contributed by atoms with Crippen molar-refractivity contribution in [1.29, 1.82) is 0 Å². The summed E-state index contributed by atoms with van der Waals surface area (Å²) in [5.74, 6) is -0.683. The summed E-state index contributed by atoms with van der Waals surface area (Å²) in [6, 6.07) is 6.33. The maximum absolute atomic E-state index is 13.6. The topological polar surface area (TPSA) is 69.0 Å². The van der Waals surface area contributed by atoms with Crippen LogP contribution >= 0.6 is 12.6 Å². The molecule has 0 fully saturated rings. The molecule has 6 nitrogen and oxygen atoms in total. The van der Waals surface area contributed by atoms with Gasteiger partial charge in [0.05, 0.1) is 5.92 Å². The summed E-state index contributed by atoms with van der Waals surface area (Å²) in [5.41, 5.74) is 0.121. The highest BCUT2D eigenvalue weighted by atomic mass is 32.1. The van der Waals surface area contributed by atoms with Gasteiger partial charge >= 0.3 is 6.09 Å². The second kappa shape index (κ2) is 8.03. The molecule has 142 valence electrons. The Hall–Kier alpha value is -2.16. The van der Waals surface area contributed by atoms with Crippen molar-refractivity contribution in [3.63, 3.8) is 0 Å². The summed E-state index contributed by atoms with van der Waals surface area (Å²) >= 11 is 4.11. The van der Waals surface area contributed by atoms with Crippen LogP contribution < -0.4 is 5.32 Å². The van der Waals surface area contributed by atoms with E-state index in [9.17, 15) is 13.6 Å². The molecule has 26 heavy (non-hydrogen) atoms. The lowest BCUT2D eigenvalue weighted by Crippen LogP contribution is -2.27. The molecule has 0 saturated carbocycles. The van der Waals surface area contributed by atoms with Crippen molar-refractivity contribution >= 4 is 24.4 Å². The summed E-state index contributed by atoms with van der Waals surface area (Å²) in [5, 5.41) is 10.6. The number of thiol groups is 1. The van der Waals surface area contributed by atoms with Crippen molar-refractivity contribution in [2.75, 3.05) is 5.32 Å². The number of ether oxygens (including phenoxy) is 1. The number of benzene rings is 1. The molecule has 0 aliphatic rings. The van der Waals surface area contributed by atoms with E-state index in [0.29, 0.717) is 22.2 Å². The summed E-state index contributed by atoms with van der Waals surface area (Å²) in [6.07, 6.45) is -3.25. The zero-order valence-corrected chi connectivity index (χ0v) is 15.9. The molecule has 0 saturated heterocycles. The van der Waals surface area contributed by atoms with Gasteiger partial charge in [0.2, 0.25) is 6.43 Å². The second-order valence-corrected chi connectivity index (χ2v) is 7.27. The summed E-state index contributed by atoms with van der Waals surface area (Å²) in [4.78, 5) is 11.9. The maximum atomic E-state index is 13.6. The van der Waals surface area contributed by atoms with Gasteiger partial charge in [-0.05, 0) is 38.5 Å². The highest BCUT2D eigenvalue weighted by Crippen LogP contribution is 2.29. The van der Waals surface area contributed by atoms with Crippen molar-refractivity contribution in [1.82, 2.24) is 14.8 Å². The van der Waals surface area contributed by atoms with Gasteiger partial charge in [-0.25, -0.2) is 13.6 Å². The predicted molar refractivity (Wildman–Crippen MR) is 97.0 cm³/mol. The summed E-state index contributed by atoms with van der Waals surface area (Å²) in [7, 11) is 1.67. The molecule has 0 aliphatic heterocycles. The standard InChI is InChI=1S/C17H22F2N4O2S/c1-17(2,3)25-16(24)20-11-7-5-6-10(8-11)12(14(18)19)9-13-21-22-15(26)23(13)4/h5-8,12,14H,9H2,1-4H3,(H,20,24)(H,22,26). The Morgan fingerprint density at radius 1 is 1.35 bits per heavy atom. The normalized spacial score (nSPS) is 12.9. The Morgan fingerprint density at radius 2 is 2.04 bits per heavy atom. The Kier molecular flexibility index (Phi) is 6.22. The highest BCUT2D eigenvalue weighted by Gasteiger charge is 2.26. The zero-order valence-electron chi connectivity index (χ0n) is 15.0. The van der Waals surface area contributed by atoms with Crippen LogP contribution in [0.1, 0.15) is 38.1 Å². The first-order chi connectivity index (χ1) is 12.1. The fourth-order valence-electron chi connectivity index (χ4n) is 2.35.